The zero-order chi connectivity index (χ0) is 13.5. The van der Waals surface area contributed by atoms with Gasteiger partial charge in [0.2, 0.25) is 0 Å². The minimum atomic E-state index is -0.487. The van der Waals surface area contributed by atoms with Crippen LogP contribution in [0.2, 0.25) is 0 Å². The maximum atomic E-state index is 11.9. The maximum Gasteiger partial charge on any atom is 0.348 e. The molecule has 96 valence electrons. The number of hydrogen-bond donors (Lipinski definition) is 0. The van der Waals surface area contributed by atoms with Crippen LogP contribution in [0.15, 0.2) is 12.1 Å². The topological polar surface area (TPSA) is 43.4 Å². The molecule has 0 bridgehead atoms. The average Bonchev–Trinajstić information content (AvgIpc) is 2.69. The highest BCUT2D eigenvalue weighted by molar-refractivity contribution is 7.39. The third-order valence-electron chi connectivity index (χ3n) is 2.16. The van der Waals surface area contributed by atoms with Crippen LogP contribution in [-0.2, 0) is 4.74 Å². The molecule has 0 radical (unpaired) electrons. The van der Waals surface area contributed by atoms with E-state index in [-0.39, 0.29) is 11.8 Å². The molecule has 3 nitrogen and oxygen atoms in total. The highest BCUT2D eigenvalue weighted by Gasteiger charge is 2.20. The van der Waals surface area contributed by atoms with Crippen molar-refractivity contribution < 1.29 is 14.3 Å². The van der Waals surface area contributed by atoms with E-state index in [2.05, 4.69) is 0 Å². The van der Waals surface area contributed by atoms with Crippen molar-refractivity contribution in [1.82, 2.24) is 0 Å². The summed E-state index contributed by atoms with van der Waals surface area (Å²) in [6.45, 7) is 7.07. The summed E-state index contributed by atoms with van der Waals surface area (Å²) in [6, 6.07) is 3.61. The number of esters is 1. The van der Waals surface area contributed by atoms with Gasteiger partial charge in [0.1, 0.15) is 10.5 Å². The monoisotopic (exact) mass is 282 g/mol. The summed E-state index contributed by atoms with van der Waals surface area (Å²) in [4.78, 5) is 24.4. The van der Waals surface area contributed by atoms with Crippen LogP contribution in [-0.4, -0.2) is 17.4 Å². The van der Waals surface area contributed by atoms with Crippen LogP contribution in [0.1, 0.15) is 47.0 Å². The van der Waals surface area contributed by atoms with Gasteiger partial charge in [0, 0.05) is 5.39 Å². The second-order valence-corrected chi connectivity index (χ2v) is 7.38. The molecule has 0 amide bonds. The van der Waals surface area contributed by atoms with Crippen LogP contribution < -0.4 is 0 Å². The molecule has 18 heavy (non-hydrogen) atoms. The summed E-state index contributed by atoms with van der Waals surface area (Å²) in [5, 5.41) is 0.941. The molecule has 0 aromatic carbocycles. The van der Waals surface area contributed by atoms with Gasteiger partial charge in [-0.15, -0.1) is 22.7 Å². The molecule has 2 heterocycles. The first kappa shape index (κ1) is 13.2. The highest BCUT2D eigenvalue weighted by Crippen LogP contribution is 2.34. The van der Waals surface area contributed by atoms with Crippen LogP contribution in [0.5, 0.6) is 0 Å². The first-order chi connectivity index (χ1) is 8.26. The van der Waals surface area contributed by atoms with Gasteiger partial charge < -0.3 is 4.74 Å². The van der Waals surface area contributed by atoms with Gasteiger partial charge in [-0.2, -0.15) is 0 Å². The molecule has 0 aliphatic heterocycles. The SMILES string of the molecule is CC(=O)c1cc2cc(C(=O)OC(C)(C)C)sc2s1. The first-order valence-corrected chi connectivity index (χ1v) is 7.17. The fraction of sp³-hybridized carbons (Fsp3) is 0.385. The molecule has 5 heteroatoms. The molecule has 2 aromatic rings. The minimum absolute atomic E-state index is 0.0576. The van der Waals surface area contributed by atoms with Gasteiger partial charge in [-0.25, -0.2) is 4.79 Å². The Labute approximate surface area is 113 Å². The second kappa shape index (κ2) is 4.48. The van der Waals surface area contributed by atoms with Crippen molar-refractivity contribution in [1.29, 1.82) is 0 Å². The second-order valence-electron chi connectivity index (χ2n) is 5.02. The van der Waals surface area contributed by atoms with Crippen molar-refractivity contribution in [2.24, 2.45) is 0 Å². The van der Waals surface area contributed by atoms with Crippen molar-refractivity contribution in [3.63, 3.8) is 0 Å². The van der Waals surface area contributed by atoms with E-state index >= 15 is 0 Å². The van der Waals surface area contributed by atoms with Crippen molar-refractivity contribution in [3.8, 4) is 0 Å². The van der Waals surface area contributed by atoms with Crippen molar-refractivity contribution in [2.75, 3.05) is 0 Å². The summed E-state index contributed by atoms with van der Waals surface area (Å²) >= 11 is 2.80. The number of hydrogen-bond acceptors (Lipinski definition) is 5. The number of carbonyl (C=O) groups excluding carboxylic acids is 2. The molecule has 0 atom stereocenters. The van der Waals surface area contributed by atoms with Crippen molar-refractivity contribution >= 4 is 43.8 Å². The lowest BCUT2D eigenvalue weighted by atomic mass is 10.2. The quantitative estimate of drug-likeness (QED) is 0.614. The Bertz CT molecular complexity index is 582. The normalized spacial score (nSPS) is 11.8. The number of carbonyl (C=O) groups is 2. The Kier molecular flexibility index (Phi) is 3.29. The molecule has 0 fully saturated rings. The van der Waals surface area contributed by atoms with Crippen LogP contribution in [0, 0.1) is 0 Å². The molecular weight excluding hydrogens is 268 g/mol. The number of fused-ring (bicyclic) bond motifs is 1. The average molecular weight is 282 g/mol. The zero-order valence-electron chi connectivity index (χ0n) is 10.7. The number of ketones is 1. The van der Waals surface area contributed by atoms with E-state index < -0.39 is 5.60 Å². The van der Waals surface area contributed by atoms with E-state index in [0.717, 1.165) is 14.3 Å². The third kappa shape index (κ3) is 2.79. The van der Waals surface area contributed by atoms with Crippen LogP contribution in [0.25, 0.3) is 9.40 Å². The predicted molar refractivity (Wildman–Crippen MR) is 74.9 cm³/mol. The molecule has 0 saturated heterocycles. The molecule has 0 N–H and O–H groups in total. The number of rotatable bonds is 2. The van der Waals surface area contributed by atoms with Crippen LogP contribution in [0.4, 0.5) is 0 Å². The van der Waals surface area contributed by atoms with Gasteiger partial charge in [0.25, 0.3) is 0 Å². The Morgan fingerprint density at radius 1 is 1.11 bits per heavy atom. The van der Waals surface area contributed by atoms with Gasteiger partial charge in [0.05, 0.1) is 8.89 Å². The summed E-state index contributed by atoms with van der Waals surface area (Å²) < 4.78 is 6.30. The van der Waals surface area contributed by atoms with Gasteiger partial charge in [-0.05, 0) is 39.8 Å². The van der Waals surface area contributed by atoms with Gasteiger partial charge >= 0.3 is 5.97 Å². The Morgan fingerprint density at radius 3 is 2.17 bits per heavy atom. The molecular formula is C13H14O3S2. The lowest BCUT2D eigenvalue weighted by molar-refractivity contribution is 0.00752. The van der Waals surface area contributed by atoms with E-state index in [0.29, 0.717) is 4.88 Å². The van der Waals surface area contributed by atoms with E-state index in [1.54, 1.807) is 13.0 Å². The molecule has 0 spiro atoms. The van der Waals surface area contributed by atoms with Gasteiger partial charge in [-0.1, -0.05) is 0 Å². The fourth-order valence-electron chi connectivity index (χ4n) is 1.44. The smallest absolute Gasteiger partial charge is 0.348 e. The molecule has 0 aliphatic carbocycles. The number of Topliss-reactive ketones (excluding diaryl/α,β-unsaturated/α-hetero) is 1. The summed E-state index contributed by atoms with van der Waals surface area (Å²) in [5.41, 5.74) is -0.487. The summed E-state index contributed by atoms with van der Waals surface area (Å²) in [5.74, 6) is -0.248. The van der Waals surface area contributed by atoms with E-state index in [4.69, 9.17) is 4.74 Å². The van der Waals surface area contributed by atoms with Crippen molar-refractivity contribution in [3.05, 3.63) is 21.9 Å². The Balaban J connectivity index is 2.28. The maximum absolute atomic E-state index is 11.9. The lowest BCUT2D eigenvalue weighted by Crippen LogP contribution is -2.23. The Hall–Kier alpha value is -1.20. The highest BCUT2D eigenvalue weighted by atomic mass is 32.2. The van der Waals surface area contributed by atoms with Crippen LogP contribution >= 0.6 is 22.7 Å². The fourth-order valence-corrected chi connectivity index (χ4v) is 3.66. The van der Waals surface area contributed by atoms with E-state index in [1.165, 1.54) is 22.7 Å². The molecule has 2 rings (SSSR count). The van der Waals surface area contributed by atoms with Crippen LogP contribution in [0.3, 0.4) is 0 Å². The van der Waals surface area contributed by atoms with Gasteiger partial charge in [-0.3, -0.25) is 4.79 Å². The minimum Gasteiger partial charge on any atom is -0.456 e. The third-order valence-corrected chi connectivity index (χ3v) is 4.63. The summed E-state index contributed by atoms with van der Waals surface area (Å²) in [6.07, 6.45) is 0. The number of thiophene rings is 2. The molecule has 0 aliphatic rings. The van der Waals surface area contributed by atoms with Crippen molar-refractivity contribution in [2.45, 2.75) is 33.3 Å². The van der Waals surface area contributed by atoms with E-state index in [9.17, 15) is 9.59 Å². The number of ether oxygens (including phenoxy) is 1. The zero-order valence-corrected chi connectivity index (χ0v) is 12.3. The molecule has 0 unspecified atom stereocenters. The molecule has 2 aromatic heterocycles. The van der Waals surface area contributed by atoms with E-state index in [1.807, 2.05) is 26.8 Å². The predicted octanol–water partition coefficient (Wildman–Crippen LogP) is 4.12. The standard InChI is InChI=1S/C13H14O3S2/c1-7(14)9-5-8-6-10(18-12(8)17-9)11(15)16-13(2,3)4/h5-6H,1-4H3. The molecule has 0 saturated carbocycles. The summed E-state index contributed by atoms with van der Waals surface area (Å²) in [7, 11) is 0. The lowest BCUT2D eigenvalue weighted by Gasteiger charge is -2.18. The Morgan fingerprint density at radius 2 is 1.67 bits per heavy atom. The largest absolute Gasteiger partial charge is 0.456 e. The van der Waals surface area contributed by atoms with Gasteiger partial charge in [0.15, 0.2) is 5.78 Å². The first-order valence-electron chi connectivity index (χ1n) is 5.54.